The SMILES string of the molecule is O=C(N/N=C\c1cccc(OCc2ccc([N+](=O)[O-])cc2)c1)c1cc2c(ccc3ccccc32)o1. The quantitative estimate of drug-likeness (QED) is 0.185. The standard InChI is InChI=1S/C27H19N3O5/c31-27(26-15-24-23-7-2-1-5-20(23)10-13-25(24)35-26)29-28-16-19-4-3-6-22(14-19)34-17-18-8-11-21(12-9-18)30(32)33/h1-16H,17H2,(H,29,31)/b28-16-. The number of hydrogen-bond donors (Lipinski definition) is 1. The molecule has 8 nitrogen and oxygen atoms in total. The molecule has 172 valence electrons. The van der Waals surface area contributed by atoms with Gasteiger partial charge in [-0.3, -0.25) is 14.9 Å². The van der Waals surface area contributed by atoms with E-state index >= 15 is 0 Å². The van der Waals surface area contributed by atoms with Crippen LogP contribution in [0.5, 0.6) is 5.75 Å². The number of nitrogens with zero attached hydrogens (tertiary/aromatic N) is 2. The Balaban J connectivity index is 1.22. The molecular formula is C27H19N3O5. The first-order valence-corrected chi connectivity index (χ1v) is 10.8. The fourth-order valence-electron chi connectivity index (χ4n) is 3.69. The highest BCUT2D eigenvalue weighted by Crippen LogP contribution is 2.28. The van der Waals surface area contributed by atoms with Gasteiger partial charge in [0.15, 0.2) is 5.76 Å². The van der Waals surface area contributed by atoms with E-state index in [1.807, 2.05) is 42.5 Å². The summed E-state index contributed by atoms with van der Waals surface area (Å²) in [7, 11) is 0. The van der Waals surface area contributed by atoms with Gasteiger partial charge in [-0.2, -0.15) is 5.10 Å². The van der Waals surface area contributed by atoms with Crippen molar-refractivity contribution in [2.75, 3.05) is 0 Å². The number of hydrogen-bond acceptors (Lipinski definition) is 6. The maximum absolute atomic E-state index is 12.5. The molecule has 1 heterocycles. The number of nitro benzene ring substituents is 1. The minimum atomic E-state index is -0.452. The first-order valence-electron chi connectivity index (χ1n) is 10.8. The maximum atomic E-state index is 12.5. The summed E-state index contributed by atoms with van der Waals surface area (Å²) < 4.78 is 11.5. The third-order valence-corrected chi connectivity index (χ3v) is 5.44. The van der Waals surface area contributed by atoms with Crippen molar-refractivity contribution < 1.29 is 18.9 Å². The smallest absolute Gasteiger partial charge is 0.307 e. The monoisotopic (exact) mass is 465 g/mol. The summed E-state index contributed by atoms with van der Waals surface area (Å²) in [5.41, 5.74) is 4.69. The Labute approximate surface area is 199 Å². The Hall–Kier alpha value is -4.98. The molecule has 0 bridgehead atoms. The number of ether oxygens (including phenoxy) is 1. The molecule has 0 aliphatic rings. The van der Waals surface area contributed by atoms with E-state index in [2.05, 4.69) is 10.5 Å². The number of non-ortho nitro benzene ring substituents is 1. The van der Waals surface area contributed by atoms with Crippen molar-refractivity contribution >= 4 is 39.6 Å². The van der Waals surface area contributed by atoms with Crippen molar-refractivity contribution in [3.05, 3.63) is 118 Å². The molecule has 0 radical (unpaired) electrons. The van der Waals surface area contributed by atoms with Crippen LogP contribution in [0.4, 0.5) is 5.69 Å². The molecule has 35 heavy (non-hydrogen) atoms. The van der Waals surface area contributed by atoms with Crippen LogP contribution >= 0.6 is 0 Å². The second-order valence-corrected chi connectivity index (χ2v) is 7.79. The summed E-state index contributed by atoms with van der Waals surface area (Å²) in [6.45, 7) is 0.260. The van der Waals surface area contributed by atoms with Crippen LogP contribution < -0.4 is 10.2 Å². The minimum absolute atomic E-state index is 0.0324. The Bertz CT molecular complexity index is 1570. The molecule has 1 amide bonds. The number of rotatable bonds is 7. The lowest BCUT2D eigenvalue weighted by Crippen LogP contribution is -2.16. The van der Waals surface area contributed by atoms with Crippen LogP contribution in [-0.2, 0) is 6.61 Å². The summed E-state index contributed by atoms with van der Waals surface area (Å²) in [5.74, 6) is 0.323. The maximum Gasteiger partial charge on any atom is 0.307 e. The van der Waals surface area contributed by atoms with Gasteiger partial charge in [0, 0.05) is 17.5 Å². The predicted molar refractivity (Wildman–Crippen MR) is 133 cm³/mol. The minimum Gasteiger partial charge on any atom is -0.489 e. The van der Waals surface area contributed by atoms with Crippen molar-refractivity contribution in [1.29, 1.82) is 0 Å². The molecule has 5 aromatic rings. The number of amides is 1. The molecule has 0 atom stereocenters. The molecule has 0 fully saturated rings. The van der Waals surface area contributed by atoms with E-state index in [-0.39, 0.29) is 18.1 Å². The van der Waals surface area contributed by atoms with E-state index in [0.717, 1.165) is 27.3 Å². The second kappa shape index (κ2) is 9.48. The zero-order valence-corrected chi connectivity index (χ0v) is 18.4. The van der Waals surface area contributed by atoms with Crippen molar-refractivity contribution in [2.24, 2.45) is 5.10 Å². The zero-order valence-electron chi connectivity index (χ0n) is 18.4. The third-order valence-electron chi connectivity index (χ3n) is 5.44. The van der Waals surface area contributed by atoms with Crippen LogP contribution in [0.25, 0.3) is 21.7 Å². The van der Waals surface area contributed by atoms with Gasteiger partial charge >= 0.3 is 5.91 Å². The summed E-state index contributed by atoms with van der Waals surface area (Å²) in [4.78, 5) is 22.9. The second-order valence-electron chi connectivity index (χ2n) is 7.79. The predicted octanol–water partition coefficient (Wildman–Crippen LogP) is 5.84. The summed E-state index contributed by atoms with van der Waals surface area (Å²) in [6, 6.07) is 26.8. The van der Waals surface area contributed by atoms with Crippen LogP contribution in [0.1, 0.15) is 21.7 Å². The van der Waals surface area contributed by atoms with Gasteiger partial charge in [-0.15, -0.1) is 0 Å². The average molecular weight is 465 g/mol. The van der Waals surface area contributed by atoms with Gasteiger partial charge < -0.3 is 9.15 Å². The lowest BCUT2D eigenvalue weighted by atomic mass is 10.1. The number of benzene rings is 4. The van der Waals surface area contributed by atoms with Crippen LogP contribution in [0, 0.1) is 10.1 Å². The normalized spacial score (nSPS) is 11.2. The van der Waals surface area contributed by atoms with Crippen molar-refractivity contribution in [2.45, 2.75) is 6.61 Å². The van der Waals surface area contributed by atoms with Crippen molar-refractivity contribution in [1.82, 2.24) is 5.43 Å². The summed E-state index contributed by atoms with van der Waals surface area (Å²) >= 11 is 0. The first kappa shape index (κ1) is 21.8. The molecule has 0 saturated carbocycles. The van der Waals surface area contributed by atoms with E-state index < -0.39 is 10.8 Å². The Kier molecular flexibility index (Phi) is 5.92. The van der Waals surface area contributed by atoms with E-state index in [1.54, 1.807) is 36.4 Å². The van der Waals surface area contributed by atoms with Gasteiger partial charge in [-0.25, -0.2) is 5.43 Å². The molecule has 0 spiro atoms. The van der Waals surface area contributed by atoms with Crippen molar-refractivity contribution in [3.8, 4) is 5.75 Å². The number of furan rings is 1. The number of carbonyl (C=O) groups is 1. The summed E-state index contributed by atoms with van der Waals surface area (Å²) in [6.07, 6.45) is 1.51. The Morgan fingerprint density at radius 1 is 0.971 bits per heavy atom. The highest BCUT2D eigenvalue weighted by Gasteiger charge is 2.13. The third kappa shape index (κ3) is 4.86. The van der Waals surface area contributed by atoms with Crippen LogP contribution in [0.2, 0.25) is 0 Å². The van der Waals surface area contributed by atoms with E-state index in [4.69, 9.17) is 9.15 Å². The van der Waals surface area contributed by atoms with Gasteiger partial charge in [0.25, 0.3) is 5.69 Å². The molecule has 5 rings (SSSR count). The van der Waals surface area contributed by atoms with Crippen LogP contribution in [0.3, 0.4) is 0 Å². The zero-order chi connectivity index (χ0) is 24.2. The number of nitro groups is 1. The Morgan fingerprint density at radius 2 is 1.80 bits per heavy atom. The lowest BCUT2D eigenvalue weighted by Gasteiger charge is -2.07. The largest absolute Gasteiger partial charge is 0.489 e. The molecular weight excluding hydrogens is 446 g/mol. The van der Waals surface area contributed by atoms with Gasteiger partial charge in [0.05, 0.1) is 11.1 Å². The van der Waals surface area contributed by atoms with Crippen LogP contribution in [-0.4, -0.2) is 17.0 Å². The van der Waals surface area contributed by atoms with E-state index in [0.29, 0.717) is 11.3 Å². The molecule has 0 aliphatic carbocycles. The summed E-state index contributed by atoms with van der Waals surface area (Å²) in [5, 5.41) is 17.7. The molecule has 0 saturated heterocycles. The highest BCUT2D eigenvalue weighted by molar-refractivity contribution is 6.08. The van der Waals surface area contributed by atoms with Gasteiger partial charge in [-0.05, 0) is 58.3 Å². The molecule has 4 aromatic carbocycles. The number of carbonyl (C=O) groups excluding carboxylic acids is 1. The topological polar surface area (TPSA) is 107 Å². The molecule has 0 unspecified atom stereocenters. The van der Waals surface area contributed by atoms with Gasteiger partial charge in [0.1, 0.15) is 17.9 Å². The average Bonchev–Trinajstić information content (AvgIpc) is 3.33. The number of fused-ring (bicyclic) bond motifs is 3. The Morgan fingerprint density at radius 3 is 2.63 bits per heavy atom. The van der Waals surface area contributed by atoms with Crippen LogP contribution in [0.15, 0.2) is 101 Å². The molecule has 1 N–H and O–H groups in total. The lowest BCUT2D eigenvalue weighted by molar-refractivity contribution is -0.384. The van der Waals surface area contributed by atoms with E-state index in [1.165, 1.54) is 18.3 Å². The van der Waals surface area contributed by atoms with Gasteiger partial charge in [-0.1, -0.05) is 42.5 Å². The highest BCUT2D eigenvalue weighted by atomic mass is 16.6. The molecule has 0 aliphatic heterocycles. The van der Waals surface area contributed by atoms with Gasteiger partial charge in [0.2, 0.25) is 0 Å². The van der Waals surface area contributed by atoms with E-state index in [9.17, 15) is 14.9 Å². The number of nitrogens with one attached hydrogen (secondary N) is 1. The molecule has 8 heteroatoms. The molecule has 1 aromatic heterocycles. The fraction of sp³-hybridized carbons (Fsp3) is 0.0370. The van der Waals surface area contributed by atoms with Crippen molar-refractivity contribution in [3.63, 3.8) is 0 Å². The number of hydrazone groups is 1. The first-order chi connectivity index (χ1) is 17.1. The fourth-order valence-corrected chi connectivity index (χ4v) is 3.69.